The fourth-order valence-electron chi connectivity index (χ4n) is 3.09. The van der Waals surface area contributed by atoms with Crippen molar-refractivity contribution in [1.29, 1.82) is 0 Å². The molecule has 0 aromatic heterocycles. The van der Waals surface area contributed by atoms with Crippen molar-refractivity contribution >= 4 is 5.78 Å². The van der Waals surface area contributed by atoms with E-state index in [1.165, 1.54) is 12.1 Å². The highest BCUT2D eigenvalue weighted by Gasteiger charge is 2.38. The molecule has 0 saturated carbocycles. The first kappa shape index (κ1) is 10.9. The molecule has 90 valence electrons. The Morgan fingerprint density at radius 1 is 1.18 bits per heavy atom. The van der Waals surface area contributed by atoms with Gasteiger partial charge in [0.05, 0.1) is 0 Å². The molecule has 3 saturated heterocycles. The van der Waals surface area contributed by atoms with Crippen LogP contribution in [0.3, 0.4) is 0 Å². The molecule has 17 heavy (non-hydrogen) atoms. The zero-order valence-electron chi connectivity index (χ0n) is 9.73. The summed E-state index contributed by atoms with van der Waals surface area (Å²) < 4.78 is 12.8. The van der Waals surface area contributed by atoms with Gasteiger partial charge in [-0.05, 0) is 56.1 Å². The zero-order valence-corrected chi connectivity index (χ0v) is 9.73. The van der Waals surface area contributed by atoms with Gasteiger partial charge < -0.3 is 4.90 Å². The van der Waals surface area contributed by atoms with Gasteiger partial charge in [-0.2, -0.15) is 0 Å². The Morgan fingerprint density at radius 3 is 2.35 bits per heavy atom. The van der Waals surface area contributed by atoms with Gasteiger partial charge in [0.1, 0.15) is 5.82 Å². The van der Waals surface area contributed by atoms with Crippen molar-refractivity contribution in [2.45, 2.75) is 12.8 Å². The quantitative estimate of drug-likeness (QED) is 0.731. The molecule has 4 rings (SSSR count). The zero-order chi connectivity index (χ0) is 11.8. The first-order valence-corrected chi connectivity index (χ1v) is 6.26. The second-order valence-corrected chi connectivity index (χ2v) is 5.12. The molecule has 0 amide bonds. The fourth-order valence-corrected chi connectivity index (χ4v) is 3.09. The van der Waals surface area contributed by atoms with Crippen LogP contribution in [0.5, 0.6) is 0 Å². The Labute approximate surface area is 100 Å². The number of carbonyl (C=O) groups is 1. The summed E-state index contributed by atoms with van der Waals surface area (Å²) in [5, 5.41) is 0. The topological polar surface area (TPSA) is 20.3 Å². The number of fused-ring (bicyclic) bond motifs is 3. The van der Waals surface area contributed by atoms with Gasteiger partial charge in [0.25, 0.3) is 0 Å². The van der Waals surface area contributed by atoms with Crippen molar-refractivity contribution < 1.29 is 9.18 Å². The van der Waals surface area contributed by atoms with Crippen LogP contribution in [0, 0.1) is 17.7 Å². The molecule has 2 nitrogen and oxygen atoms in total. The summed E-state index contributed by atoms with van der Waals surface area (Å²) in [5.41, 5.74) is 0.658. The Hall–Kier alpha value is -1.22. The van der Waals surface area contributed by atoms with Crippen molar-refractivity contribution in [3.63, 3.8) is 0 Å². The average molecular weight is 233 g/mol. The number of Topliss-reactive ketones (excluding diaryl/α,β-unsaturated/α-hetero) is 1. The first-order chi connectivity index (χ1) is 8.24. The predicted octanol–water partition coefficient (Wildman–Crippen LogP) is 2.35. The largest absolute Gasteiger partial charge is 0.303 e. The predicted molar refractivity (Wildman–Crippen MR) is 63.4 cm³/mol. The molecular weight excluding hydrogens is 217 g/mol. The van der Waals surface area contributed by atoms with Crippen molar-refractivity contribution in [3.05, 3.63) is 35.6 Å². The highest BCUT2D eigenvalue weighted by molar-refractivity contribution is 5.98. The minimum Gasteiger partial charge on any atom is -0.303 e. The summed E-state index contributed by atoms with van der Waals surface area (Å²) in [6.07, 6.45) is 2.27. The van der Waals surface area contributed by atoms with E-state index >= 15 is 0 Å². The molecule has 0 radical (unpaired) electrons. The van der Waals surface area contributed by atoms with E-state index in [9.17, 15) is 9.18 Å². The lowest BCUT2D eigenvalue weighted by Gasteiger charge is -2.44. The summed E-state index contributed by atoms with van der Waals surface area (Å²) in [7, 11) is 0. The van der Waals surface area contributed by atoms with Crippen LogP contribution in [0.1, 0.15) is 23.2 Å². The van der Waals surface area contributed by atoms with Gasteiger partial charge >= 0.3 is 0 Å². The average Bonchev–Trinajstić information content (AvgIpc) is 2.40. The van der Waals surface area contributed by atoms with Crippen LogP contribution >= 0.6 is 0 Å². The number of halogens is 1. The van der Waals surface area contributed by atoms with E-state index in [1.807, 2.05) is 0 Å². The fraction of sp³-hybridized carbons (Fsp3) is 0.500. The van der Waals surface area contributed by atoms with Crippen LogP contribution in [0.4, 0.5) is 4.39 Å². The monoisotopic (exact) mass is 233 g/mol. The maximum Gasteiger partial charge on any atom is 0.167 e. The van der Waals surface area contributed by atoms with E-state index in [1.54, 1.807) is 12.1 Å². The minimum atomic E-state index is -0.282. The Balaban J connectivity index is 1.80. The lowest BCUT2D eigenvalue weighted by molar-refractivity contribution is 0.0419. The van der Waals surface area contributed by atoms with E-state index in [-0.39, 0.29) is 17.5 Å². The summed E-state index contributed by atoms with van der Waals surface area (Å²) in [6.45, 7) is 3.16. The lowest BCUT2D eigenvalue weighted by atomic mass is 9.75. The normalized spacial score (nSPS) is 31.5. The smallest absolute Gasteiger partial charge is 0.167 e. The molecule has 3 fully saturated rings. The second kappa shape index (κ2) is 4.22. The second-order valence-electron chi connectivity index (χ2n) is 5.12. The van der Waals surface area contributed by atoms with Gasteiger partial charge in [0.15, 0.2) is 5.78 Å². The number of ketones is 1. The molecule has 0 spiro atoms. The summed E-state index contributed by atoms with van der Waals surface area (Å²) >= 11 is 0. The molecule has 0 aliphatic carbocycles. The molecule has 3 heteroatoms. The maximum absolute atomic E-state index is 12.8. The van der Waals surface area contributed by atoms with Crippen LogP contribution in [-0.2, 0) is 0 Å². The summed E-state index contributed by atoms with van der Waals surface area (Å²) in [6, 6.07) is 5.95. The molecule has 2 bridgehead atoms. The van der Waals surface area contributed by atoms with Gasteiger partial charge in [-0.15, -0.1) is 0 Å². The van der Waals surface area contributed by atoms with E-state index in [0.29, 0.717) is 11.5 Å². The lowest BCUT2D eigenvalue weighted by Crippen LogP contribution is -2.50. The van der Waals surface area contributed by atoms with Gasteiger partial charge in [-0.25, -0.2) is 4.39 Å². The van der Waals surface area contributed by atoms with Crippen molar-refractivity contribution in [2.24, 2.45) is 11.8 Å². The third-order valence-electron chi connectivity index (χ3n) is 4.12. The number of hydrogen-bond donors (Lipinski definition) is 0. The molecule has 1 unspecified atom stereocenters. The number of carbonyl (C=O) groups excluding carboxylic acids is 1. The SMILES string of the molecule is O=C(c1ccc(F)cc1)C1CN2CCC1CC2. The van der Waals surface area contributed by atoms with Crippen LogP contribution in [0.25, 0.3) is 0 Å². The molecule has 3 heterocycles. The summed E-state index contributed by atoms with van der Waals surface area (Å²) in [4.78, 5) is 14.7. The van der Waals surface area contributed by atoms with Crippen molar-refractivity contribution in [2.75, 3.05) is 19.6 Å². The van der Waals surface area contributed by atoms with Gasteiger partial charge in [-0.1, -0.05) is 0 Å². The van der Waals surface area contributed by atoms with E-state index in [2.05, 4.69) is 4.90 Å². The Bertz CT molecular complexity index is 420. The number of piperidine rings is 3. The Kier molecular flexibility index (Phi) is 2.71. The third-order valence-corrected chi connectivity index (χ3v) is 4.12. The number of benzene rings is 1. The van der Waals surface area contributed by atoms with Crippen molar-refractivity contribution in [3.8, 4) is 0 Å². The molecule has 1 aromatic rings. The molecule has 3 aliphatic rings. The molecule has 3 aliphatic heterocycles. The van der Waals surface area contributed by atoms with Gasteiger partial charge in [0.2, 0.25) is 0 Å². The highest BCUT2D eigenvalue weighted by atomic mass is 19.1. The van der Waals surface area contributed by atoms with Crippen LogP contribution in [0.2, 0.25) is 0 Å². The molecule has 1 aromatic carbocycles. The highest BCUT2D eigenvalue weighted by Crippen LogP contribution is 2.34. The molecule has 1 atom stereocenters. The van der Waals surface area contributed by atoms with Crippen molar-refractivity contribution in [1.82, 2.24) is 4.90 Å². The van der Waals surface area contributed by atoms with Gasteiger partial charge in [0, 0.05) is 18.0 Å². The number of hydrogen-bond acceptors (Lipinski definition) is 2. The number of rotatable bonds is 2. The van der Waals surface area contributed by atoms with Crippen LogP contribution in [0.15, 0.2) is 24.3 Å². The number of nitrogens with zero attached hydrogens (tertiary/aromatic N) is 1. The Morgan fingerprint density at radius 2 is 1.82 bits per heavy atom. The van der Waals surface area contributed by atoms with Crippen LogP contribution < -0.4 is 0 Å². The van der Waals surface area contributed by atoms with E-state index in [0.717, 1.165) is 32.5 Å². The molecule has 0 N–H and O–H groups in total. The third kappa shape index (κ3) is 2.00. The minimum absolute atomic E-state index is 0.128. The van der Waals surface area contributed by atoms with Gasteiger partial charge in [-0.3, -0.25) is 4.79 Å². The van der Waals surface area contributed by atoms with E-state index in [4.69, 9.17) is 0 Å². The standard InChI is InChI=1S/C14H16FNO/c15-12-3-1-11(2-4-12)14(17)13-9-16-7-5-10(13)6-8-16/h1-4,10,13H,5-9H2. The van der Waals surface area contributed by atoms with Crippen LogP contribution in [-0.4, -0.2) is 30.3 Å². The summed E-state index contributed by atoms with van der Waals surface area (Å²) in [5.74, 6) is 0.579. The first-order valence-electron chi connectivity index (χ1n) is 6.26. The van der Waals surface area contributed by atoms with E-state index < -0.39 is 0 Å². The molecular formula is C14H16FNO. The maximum atomic E-state index is 12.8.